The summed E-state index contributed by atoms with van der Waals surface area (Å²) in [7, 11) is 0. The van der Waals surface area contributed by atoms with Crippen LogP contribution in [-0.2, 0) is 17.9 Å². The highest BCUT2D eigenvalue weighted by molar-refractivity contribution is 6.30. The van der Waals surface area contributed by atoms with Crippen molar-refractivity contribution in [2.45, 2.75) is 13.1 Å². The van der Waals surface area contributed by atoms with E-state index in [2.05, 4.69) is 0 Å². The highest BCUT2D eigenvalue weighted by Gasteiger charge is 2.02. The number of carbonyl (C=O) groups excluding carboxylic acids is 1. The van der Waals surface area contributed by atoms with Gasteiger partial charge in [0.2, 0.25) is 5.91 Å². The predicted octanol–water partition coefficient (Wildman–Crippen LogP) is 1.84. The van der Waals surface area contributed by atoms with Crippen LogP contribution in [0.2, 0.25) is 5.02 Å². The monoisotopic (exact) mass is 201 g/mol. The van der Waals surface area contributed by atoms with Crippen LogP contribution >= 0.6 is 11.6 Å². The van der Waals surface area contributed by atoms with Crippen LogP contribution < -0.4 is 5.73 Å². The van der Waals surface area contributed by atoms with E-state index in [1.165, 1.54) is 6.07 Å². The number of halogens is 2. The Balaban J connectivity index is 2.94. The van der Waals surface area contributed by atoms with E-state index in [1.807, 2.05) is 0 Å². The van der Waals surface area contributed by atoms with Crippen molar-refractivity contribution >= 4 is 17.5 Å². The van der Waals surface area contributed by atoms with Gasteiger partial charge < -0.3 is 5.73 Å². The number of hydrogen-bond donors (Lipinski definition) is 1. The molecule has 0 bridgehead atoms. The van der Waals surface area contributed by atoms with Crippen LogP contribution in [0.5, 0.6) is 0 Å². The third-order valence-electron chi connectivity index (χ3n) is 1.55. The molecule has 1 amide bonds. The summed E-state index contributed by atoms with van der Waals surface area (Å²) in [5.74, 6) is -0.452. The SMILES string of the molecule is NC(=O)Cc1cc(Cl)cc(CF)c1. The van der Waals surface area contributed by atoms with Gasteiger partial charge in [-0.2, -0.15) is 0 Å². The number of carbonyl (C=O) groups is 1. The molecule has 0 saturated heterocycles. The molecule has 2 nitrogen and oxygen atoms in total. The van der Waals surface area contributed by atoms with E-state index >= 15 is 0 Å². The van der Waals surface area contributed by atoms with Crippen LogP contribution in [0.25, 0.3) is 0 Å². The molecule has 13 heavy (non-hydrogen) atoms. The van der Waals surface area contributed by atoms with Crippen LogP contribution in [0.1, 0.15) is 11.1 Å². The molecule has 2 N–H and O–H groups in total. The molecule has 0 atom stereocenters. The van der Waals surface area contributed by atoms with Crippen molar-refractivity contribution in [3.8, 4) is 0 Å². The normalized spacial score (nSPS) is 10.0. The lowest BCUT2D eigenvalue weighted by atomic mass is 10.1. The maximum atomic E-state index is 12.2. The molecule has 70 valence electrons. The molecule has 0 aliphatic heterocycles. The Bertz CT molecular complexity index is 327. The van der Waals surface area contributed by atoms with Crippen LogP contribution in [0.3, 0.4) is 0 Å². The van der Waals surface area contributed by atoms with Crippen molar-refractivity contribution in [2.75, 3.05) is 0 Å². The summed E-state index contributed by atoms with van der Waals surface area (Å²) in [5.41, 5.74) is 6.10. The molecule has 0 spiro atoms. The topological polar surface area (TPSA) is 43.1 Å². The first-order valence-corrected chi connectivity index (χ1v) is 4.12. The summed E-state index contributed by atoms with van der Waals surface area (Å²) in [6.45, 7) is -0.591. The molecule has 0 fully saturated rings. The molecule has 4 heteroatoms. The third-order valence-corrected chi connectivity index (χ3v) is 1.77. The fraction of sp³-hybridized carbons (Fsp3) is 0.222. The first-order valence-electron chi connectivity index (χ1n) is 3.74. The maximum absolute atomic E-state index is 12.2. The molecule has 0 heterocycles. The highest BCUT2D eigenvalue weighted by Crippen LogP contribution is 2.16. The second kappa shape index (κ2) is 4.23. The minimum atomic E-state index is -0.591. The first-order chi connectivity index (χ1) is 6.11. The molecule has 0 aromatic heterocycles. The van der Waals surface area contributed by atoms with Gasteiger partial charge in [0.25, 0.3) is 0 Å². The minimum Gasteiger partial charge on any atom is -0.369 e. The Morgan fingerprint density at radius 3 is 2.54 bits per heavy atom. The van der Waals surface area contributed by atoms with Crippen molar-refractivity contribution in [3.63, 3.8) is 0 Å². The summed E-state index contributed by atoms with van der Waals surface area (Å²) in [6, 6.07) is 4.70. The van der Waals surface area contributed by atoms with Crippen molar-refractivity contribution < 1.29 is 9.18 Å². The van der Waals surface area contributed by atoms with Gasteiger partial charge in [0, 0.05) is 5.02 Å². The van der Waals surface area contributed by atoms with Gasteiger partial charge >= 0.3 is 0 Å². The predicted molar refractivity (Wildman–Crippen MR) is 49.2 cm³/mol. The lowest BCUT2D eigenvalue weighted by Gasteiger charge is -2.01. The van der Waals surface area contributed by atoms with Gasteiger partial charge in [-0.15, -0.1) is 0 Å². The van der Waals surface area contributed by atoms with Crippen molar-refractivity contribution in [3.05, 3.63) is 34.3 Å². The lowest BCUT2D eigenvalue weighted by Crippen LogP contribution is -2.13. The third kappa shape index (κ3) is 3.03. The Hall–Kier alpha value is -1.09. The molecular formula is C9H9ClFNO. The van der Waals surface area contributed by atoms with Gasteiger partial charge in [-0.3, -0.25) is 4.79 Å². The van der Waals surface area contributed by atoms with Crippen LogP contribution in [-0.4, -0.2) is 5.91 Å². The second-order valence-corrected chi connectivity index (χ2v) is 3.18. The zero-order valence-electron chi connectivity index (χ0n) is 6.89. The summed E-state index contributed by atoms with van der Waals surface area (Å²) in [6.07, 6.45) is 0.0908. The molecule has 0 aliphatic carbocycles. The zero-order chi connectivity index (χ0) is 9.84. The molecule has 1 aromatic rings. The Morgan fingerprint density at radius 2 is 2.00 bits per heavy atom. The highest BCUT2D eigenvalue weighted by atomic mass is 35.5. The van der Waals surface area contributed by atoms with E-state index < -0.39 is 12.6 Å². The van der Waals surface area contributed by atoms with E-state index in [0.717, 1.165) is 0 Å². The molecule has 0 radical (unpaired) electrons. The number of rotatable bonds is 3. The number of hydrogen-bond acceptors (Lipinski definition) is 1. The lowest BCUT2D eigenvalue weighted by molar-refractivity contribution is -0.117. The average Bonchev–Trinajstić information content (AvgIpc) is 2.01. The number of amides is 1. The van der Waals surface area contributed by atoms with E-state index in [-0.39, 0.29) is 6.42 Å². The summed E-state index contributed by atoms with van der Waals surface area (Å²) < 4.78 is 12.2. The second-order valence-electron chi connectivity index (χ2n) is 2.74. The molecule has 1 rings (SSSR count). The van der Waals surface area contributed by atoms with Gasteiger partial charge in [0.05, 0.1) is 6.42 Å². The Labute approximate surface area is 80.5 Å². The van der Waals surface area contributed by atoms with Gasteiger partial charge in [-0.25, -0.2) is 4.39 Å². The number of nitrogens with two attached hydrogens (primary N) is 1. The molecule has 0 aliphatic rings. The van der Waals surface area contributed by atoms with E-state index in [4.69, 9.17) is 17.3 Å². The van der Waals surface area contributed by atoms with Crippen LogP contribution in [0.15, 0.2) is 18.2 Å². The summed E-state index contributed by atoms with van der Waals surface area (Å²) >= 11 is 5.69. The summed E-state index contributed by atoms with van der Waals surface area (Å²) in [4.78, 5) is 10.6. The molecule has 1 aromatic carbocycles. The smallest absolute Gasteiger partial charge is 0.221 e. The number of benzene rings is 1. The first kappa shape index (κ1) is 9.99. The minimum absolute atomic E-state index is 0.0908. The fourth-order valence-electron chi connectivity index (χ4n) is 1.10. The van der Waals surface area contributed by atoms with Gasteiger partial charge in [-0.05, 0) is 23.3 Å². The van der Waals surface area contributed by atoms with E-state index in [0.29, 0.717) is 16.1 Å². The van der Waals surface area contributed by atoms with Crippen molar-refractivity contribution in [1.29, 1.82) is 0 Å². The van der Waals surface area contributed by atoms with Gasteiger partial charge in [0.1, 0.15) is 6.67 Å². The fourth-order valence-corrected chi connectivity index (χ4v) is 1.38. The Kier molecular flexibility index (Phi) is 3.25. The van der Waals surface area contributed by atoms with Gasteiger partial charge in [-0.1, -0.05) is 17.7 Å². The summed E-state index contributed by atoms with van der Waals surface area (Å²) in [5, 5.41) is 0.423. The molecule has 0 unspecified atom stereocenters. The molecular weight excluding hydrogens is 193 g/mol. The number of alkyl halides is 1. The number of primary amides is 1. The van der Waals surface area contributed by atoms with Crippen molar-refractivity contribution in [1.82, 2.24) is 0 Å². The van der Waals surface area contributed by atoms with E-state index in [9.17, 15) is 9.18 Å². The maximum Gasteiger partial charge on any atom is 0.221 e. The largest absolute Gasteiger partial charge is 0.369 e. The quantitative estimate of drug-likeness (QED) is 0.797. The van der Waals surface area contributed by atoms with Gasteiger partial charge in [0.15, 0.2) is 0 Å². The molecule has 0 saturated carbocycles. The van der Waals surface area contributed by atoms with Crippen LogP contribution in [0, 0.1) is 0 Å². The van der Waals surface area contributed by atoms with Crippen LogP contribution in [0.4, 0.5) is 4.39 Å². The zero-order valence-corrected chi connectivity index (χ0v) is 7.64. The Morgan fingerprint density at radius 1 is 1.38 bits per heavy atom. The van der Waals surface area contributed by atoms with E-state index in [1.54, 1.807) is 12.1 Å². The standard InChI is InChI=1S/C9H9ClFNO/c10-8-2-6(4-9(12)13)1-7(3-8)5-11/h1-3H,4-5H2,(H2,12,13). The average molecular weight is 202 g/mol. The van der Waals surface area contributed by atoms with Crippen molar-refractivity contribution in [2.24, 2.45) is 5.73 Å².